The summed E-state index contributed by atoms with van der Waals surface area (Å²) in [5.41, 5.74) is 0.433. The number of nitrogens with zero attached hydrogens (tertiary/aromatic N) is 4. The predicted molar refractivity (Wildman–Crippen MR) is 117 cm³/mol. The van der Waals surface area contributed by atoms with E-state index in [1.165, 1.54) is 19.5 Å². The zero-order valence-corrected chi connectivity index (χ0v) is 18.7. The van der Waals surface area contributed by atoms with Crippen LogP contribution < -0.4 is 10.6 Å². The summed E-state index contributed by atoms with van der Waals surface area (Å²) in [7, 11) is 0. The Labute approximate surface area is 181 Å². The van der Waals surface area contributed by atoms with Crippen molar-refractivity contribution in [3.05, 3.63) is 11.9 Å². The van der Waals surface area contributed by atoms with Gasteiger partial charge in [0.05, 0.1) is 12.2 Å². The van der Waals surface area contributed by atoms with Gasteiger partial charge in [-0.15, -0.1) is 29.9 Å². The molecule has 2 saturated heterocycles. The van der Waals surface area contributed by atoms with E-state index < -0.39 is 0 Å². The molecule has 2 N–H and O–H groups in total. The number of rotatable bonds is 7. The maximum atomic E-state index is 12.2. The molecule has 3 heterocycles. The number of carbonyl (C=O) groups excluding carboxylic acids is 1. The fourth-order valence-corrected chi connectivity index (χ4v) is 4.36. The van der Waals surface area contributed by atoms with Crippen molar-refractivity contribution in [2.75, 3.05) is 39.3 Å². The molecule has 2 unspecified atom stereocenters. The van der Waals surface area contributed by atoms with Crippen LogP contribution in [-0.2, 0) is 0 Å². The Hall–Kier alpha value is -0.890. The van der Waals surface area contributed by atoms with Gasteiger partial charge in [-0.3, -0.25) is 4.79 Å². The van der Waals surface area contributed by atoms with E-state index in [1.54, 1.807) is 6.20 Å². The van der Waals surface area contributed by atoms with Crippen molar-refractivity contribution in [2.24, 2.45) is 11.8 Å². The topological polar surface area (TPSA) is 75.1 Å². The Morgan fingerprint density at radius 2 is 1.86 bits per heavy atom. The van der Waals surface area contributed by atoms with Crippen LogP contribution in [0.4, 0.5) is 0 Å². The monoisotopic (exact) mass is 434 g/mol. The highest BCUT2D eigenvalue weighted by Crippen LogP contribution is 2.21. The lowest BCUT2D eigenvalue weighted by Gasteiger charge is -2.34. The Morgan fingerprint density at radius 1 is 1.18 bits per heavy atom. The van der Waals surface area contributed by atoms with Gasteiger partial charge in [-0.25, -0.2) is 4.68 Å². The molecular weight excluding hydrogens is 399 g/mol. The lowest BCUT2D eigenvalue weighted by atomic mass is 9.92. The average molecular weight is 435 g/mol. The Balaban J connectivity index is 0.00000196. The molecule has 7 nitrogen and oxygen atoms in total. The van der Waals surface area contributed by atoms with Crippen LogP contribution in [-0.4, -0.2) is 65.1 Å². The summed E-state index contributed by atoms with van der Waals surface area (Å²) in [6, 6.07) is 0.361. The van der Waals surface area contributed by atoms with Crippen molar-refractivity contribution in [3.63, 3.8) is 0 Å². The molecule has 1 aromatic rings. The van der Waals surface area contributed by atoms with E-state index >= 15 is 0 Å². The van der Waals surface area contributed by atoms with Crippen LogP contribution in [0.25, 0.3) is 0 Å². The first kappa shape index (κ1) is 25.1. The maximum absolute atomic E-state index is 12.2. The normalized spacial score (nSPS) is 23.5. The largest absolute Gasteiger partial charge is 0.351 e. The molecule has 1 aromatic heterocycles. The van der Waals surface area contributed by atoms with Gasteiger partial charge in [-0.2, -0.15) is 0 Å². The van der Waals surface area contributed by atoms with E-state index in [1.807, 2.05) is 4.68 Å². The standard InChI is InChI=1S/C19H34N6O.2ClH/c1-15-11-16(2)13-24(12-15)10-4-3-7-21-19(26)18-14-25(23-22-18)17-5-8-20-9-6-17;;/h14-17,20H,3-13H2,1-2H3,(H,21,26);2*1H. The van der Waals surface area contributed by atoms with E-state index in [4.69, 9.17) is 0 Å². The fourth-order valence-electron chi connectivity index (χ4n) is 4.36. The molecule has 0 aromatic carbocycles. The molecule has 0 aliphatic carbocycles. The van der Waals surface area contributed by atoms with Crippen LogP contribution in [0, 0.1) is 11.8 Å². The second-order valence-corrected chi connectivity index (χ2v) is 8.23. The number of unbranched alkanes of at least 4 members (excludes halogenated alkanes) is 1. The molecule has 0 spiro atoms. The highest BCUT2D eigenvalue weighted by atomic mass is 35.5. The summed E-state index contributed by atoms with van der Waals surface area (Å²) in [6.07, 6.45) is 7.36. The quantitative estimate of drug-likeness (QED) is 0.644. The number of piperidine rings is 2. The Morgan fingerprint density at radius 3 is 2.54 bits per heavy atom. The van der Waals surface area contributed by atoms with E-state index in [9.17, 15) is 4.79 Å². The van der Waals surface area contributed by atoms with Crippen molar-refractivity contribution < 1.29 is 4.79 Å². The van der Waals surface area contributed by atoms with Gasteiger partial charge in [0.2, 0.25) is 0 Å². The van der Waals surface area contributed by atoms with E-state index in [-0.39, 0.29) is 30.7 Å². The van der Waals surface area contributed by atoms with Crippen molar-refractivity contribution in [3.8, 4) is 0 Å². The zero-order valence-electron chi connectivity index (χ0n) is 17.1. The van der Waals surface area contributed by atoms with Crippen LogP contribution in [0.15, 0.2) is 6.20 Å². The van der Waals surface area contributed by atoms with Crippen LogP contribution in [0.1, 0.15) is 62.5 Å². The molecule has 2 atom stereocenters. The number of aromatic nitrogens is 3. The molecule has 1 amide bonds. The average Bonchev–Trinajstić information content (AvgIpc) is 3.11. The minimum absolute atomic E-state index is 0. The summed E-state index contributed by atoms with van der Waals surface area (Å²) in [6.45, 7) is 11.0. The van der Waals surface area contributed by atoms with Gasteiger partial charge in [-0.1, -0.05) is 19.1 Å². The molecule has 0 bridgehead atoms. The molecule has 28 heavy (non-hydrogen) atoms. The van der Waals surface area contributed by atoms with Gasteiger partial charge in [0.1, 0.15) is 0 Å². The molecule has 162 valence electrons. The van der Waals surface area contributed by atoms with Crippen molar-refractivity contribution in [1.82, 2.24) is 30.5 Å². The summed E-state index contributed by atoms with van der Waals surface area (Å²) in [5.74, 6) is 1.51. The minimum atomic E-state index is -0.106. The van der Waals surface area contributed by atoms with E-state index in [0.29, 0.717) is 18.3 Å². The second kappa shape index (κ2) is 12.6. The Kier molecular flexibility index (Phi) is 11.3. The molecule has 2 aliphatic heterocycles. The lowest BCUT2D eigenvalue weighted by Crippen LogP contribution is -2.39. The smallest absolute Gasteiger partial charge is 0.273 e. The van der Waals surface area contributed by atoms with Gasteiger partial charge in [0.25, 0.3) is 5.91 Å². The summed E-state index contributed by atoms with van der Waals surface area (Å²) >= 11 is 0. The first-order chi connectivity index (χ1) is 12.6. The number of nitrogens with one attached hydrogen (secondary N) is 2. The van der Waals surface area contributed by atoms with Crippen LogP contribution >= 0.6 is 24.8 Å². The van der Waals surface area contributed by atoms with Crippen LogP contribution in [0.3, 0.4) is 0 Å². The number of halogens is 2. The fraction of sp³-hybridized carbons (Fsp3) is 0.842. The summed E-state index contributed by atoms with van der Waals surface area (Å²) < 4.78 is 1.86. The highest BCUT2D eigenvalue weighted by Gasteiger charge is 2.21. The first-order valence-electron chi connectivity index (χ1n) is 10.2. The number of hydrogen-bond acceptors (Lipinski definition) is 5. The van der Waals surface area contributed by atoms with E-state index in [2.05, 4.69) is 39.7 Å². The molecule has 0 radical (unpaired) electrons. The molecule has 2 aliphatic rings. The van der Waals surface area contributed by atoms with Crippen LogP contribution in [0.5, 0.6) is 0 Å². The highest BCUT2D eigenvalue weighted by molar-refractivity contribution is 5.91. The zero-order chi connectivity index (χ0) is 18.4. The minimum Gasteiger partial charge on any atom is -0.351 e. The number of likely N-dealkylation sites (tertiary alicyclic amines) is 1. The van der Waals surface area contributed by atoms with E-state index in [0.717, 1.165) is 57.2 Å². The van der Waals surface area contributed by atoms with Gasteiger partial charge >= 0.3 is 0 Å². The van der Waals surface area contributed by atoms with Crippen molar-refractivity contribution >= 4 is 30.7 Å². The molecule has 0 saturated carbocycles. The maximum Gasteiger partial charge on any atom is 0.273 e. The SMILES string of the molecule is CC1CC(C)CN(CCCCNC(=O)c2cn(C3CCNCC3)nn2)C1.Cl.Cl. The van der Waals surface area contributed by atoms with Gasteiger partial charge in [-0.05, 0) is 63.6 Å². The number of amides is 1. The Bertz CT molecular complexity index is 569. The van der Waals surface area contributed by atoms with Gasteiger partial charge < -0.3 is 15.5 Å². The number of hydrogen-bond donors (Lipinski definition) is 2. The summed E-state index contributed by atoms with van der Waals surface area (Å²) in [5, 5.41) is 14.5. The van der Waals surface area contributed by atoms with Gasteiger partial charge in [0, 0.05) is 19.6 Å². The number of carbonyl (C=O) groups is 1. The third kappa shape index (κ3) is 7.50. The van der Waals surface area contributed by atoms with Crippen molar-refractivity contribution in [1.29, 1.82) is 0 Å². The summed E-state index contributed by atoms with van der Waals surface area (Å²) in [4.78, 5) is 14.8. The van der Waals surface area contributed by atoms with Crippen molar-refractivity contribution in [2.45, 2.75) is 52.0 Å². The molecular formula is C19H36Cl2N6O. The first-order valence-corrected chi connectivity index (χ1v) is 10.2. The second-order valence-electron chi connectivity index (χ2n) is 8.23. The predicted octanol–water partition coefficient (Wildman–Crippen LogP) is 2.53. The van der Waals surface area contributed by atoms with Gasteiger partial charge in [0.15, 0.2) is 5.69 Å². The lowest BCUT2D eigenvalue weighted by molar-refractivity contribution is 0.0946. The molecule has 2 fully saturated rings. The third-order valence-corrected chi connectivity index (χ3v) is 5.56. The molecule has 3 rings (SSSR count). The van der Waals surface area contributed by atoms with Crippen LogP contribution in [0.2, 0.25) is 0 Å². The third-order valence-electron chi connectivity index (χ3n) is 5.56. The molecule has 9 heteroatoms.